The highest BCUT2D eigenvalue weighted by Gasteiger charge is 2.66. The van der Waals surface area contributed by atoms with Crippen LogP contribution in [0, 0.1) is 46.3 Å². The van der Waals surface area contributed by atoms with Crippen LogP contribution in [0.15, 0.2) is 0 Å². The molecule has 0 bridgehead atoms. The Balaban J connectivity index is 1.60. The Morgan fingerprint density at radius 2 is 1.45 bits per heavy atom. The molecule has 258 valence electrons. The van der Waals surface area contributed by atoms with E-state index in [1.165, 1.54) is 51.4 Å². The Morgan fingerprint density at radius 1 is 0.773 bits per heavy atom. The van der Waals surface area contributed by atoms with Gasteiger partial charge in [0.2, 0.25) is 0 Å². The topological polar surface area (TPSA) is 115 Å². The number of fused-ring (bicyclic) bond motifs is 5. The maximum absolute atomic E-state index is 7.00. The van der Waals surface area contributed by atoms with Crippen molar-refractivity contribution in [3.05, 3.63) is 0 Å². The first-order valence-corrected chi connectivity index (χ1v) is 18.8. The van der Waals surface area contributed by atoms with Crippen molar-refractivity contribution in [1.29, 1.82) is 0 Å². The summed E-state index contributed by atoms with van der Waals surface area (Å²) in [6, 6.07) is 0. The number of hydrogen-bond donors (Lipinski definition) is 3. The fourth-order valence-electron chi connectivity index (χ4n) is 11.0. The zero-order chi connectivity index (χ0) is 31.7. The molecule has 4 saturated carbocycles. The molecular formula is C37H71N3O4. The highest BCUT2D eigenvalue weighted by molar-refractivity contribution is 5.15. The molecule has 0 aliphatic heterocycles. The molecule has 44 heavy (non-hydrogen) atoms. The second kappa shape index (κ2) is 17.2. The minimum atomic E-state index is 0.168. The van der Waals surface area contributed by atoms with Crippen LogP contribution < -0.4 is 17.2 Å². The average Bonchev–Trinajstić information content (AvgIpc) is 3.38. The second-order valence-corrected chi connectivity index (χ2v) is 15.7. The van der Waals surface area contributed by atoms with Crippen LogP contribution in [0.1, 0.15) is 118 Å². The van der Waals surface area contributed by atoms with Gasteiger partial charge in [-0.25, -0.2) is 0 Å². The Hall–Kier alpha value is -0.280. The summed E-state index contributed by atoms with van der Waals surface area (Å²) in [7, 11) is 1.87. The Bertz CT molecular complexity index is 829. The van der Waals surface area contributed by atoms with E-state index in [4.69, 9.17) is 36.1 Å². The maximum Gasteiger partial charge on any atom is 0.0637 e. The quantitative estimate of drug-likeness (QED) is 0.145. The van der Waals surface area contributed by atoms with Gasteiger partial charge in [-0.2, -0.15) is 0 Å². The largest absolute Gasteiger partial charge is 0.381 e. The van der Waals surface area contributed by atoms with Crippen LogP contribution in [-0.2, 0) is 18.9 Å². The third kappa shape index (κ3) is 7.88. The van der Waals surface area contributed by atoms with Crippen molar-refractivity contribution in [2.75, 3.05) is 46.6 Å². The predicted molar refractivity (Wildman–Crippen MR) is 180 cm³/mol. The van der Waals surface area contributed by atoms with Gasteiger partial charge in [0.25, 0.3) is 0 Å². The summed E-state index contributed by atoms with van der Waals surface area (Å²) in [5.74, 6) is 3.84. The molecule has 6 unspecified atom stereocenters. The Morgan fingerprint density at radius 3 is 2.11 bits per heavy atom. The minimum absolute atomic E-state index is 0.168. The lowest BCUT2D eigenvalue weighted by Crippen LogP contribution is -2.63. The van der Waals surface area contributed by atoms with E-state index in [-0.39, 0.29) is 11.5 Å². The normalized spacial score (nSPS) is 39.8. The van der Waals surface area contributed by atoms with E-state index in [1.54, 1.807) is 0 Å². The van der Waals surface area contributed by atoms with Crippen LogP contribution in [0.3, 0.4) is 0 Å². The SMILES string of the molecule is CCC(CCC[C@@H](C)C1CC[C@H]2C3[C@H](OCCCN)CC4C[C@H](OCCCN)CCC4(C)[C@H]3C[C@H](OCCCN)C12C)OC. The molecular weight excluding hydrogens is 550 g/mol. The van der Waals surface area contributed by atoms with E-state index in [1.807, 2.05) is 7.11 Å². The van der Waals surface area contributed by atoms with Crippen molar-refractivity contribution in [3.63, 3.8) is 0 Å². The highest BCUT2D eigenvalue weighted by Crippen LogP contribution is 2.69. The molecule has 12 atom stereocenters. The first-order chi connectivity index (χ1) is 21.3. The fraction of sp³-hybridized carbons (Fsp3) is 1.00. The summed E-state index contributed by atoms with van der Waals surface area (Å²) in [5.41, 5.74) is 18.2. The molecule has 0 spiro atoms. The van der Waals surface area contributed by atoms with Crippen molar-refractivity contribution in [2.45, 2.75) is 142 Å². The van der Waals surface area contributed by atoms with Crippen LogP contribution in [0.5, 0.6) is 0 Å². The molecule has 0 aromatic rings. The van der Waals surface area contributed by atoms with Crippen LogP contribution in [0.4, 0.5) is 0 Å². The van der Waals surface area contributed by atoms with E-state index in [0.29, 0.717) is 78.9 Å². The molecule has 6 N–H and O–H groups in total. The molecule has 4 aliphatic rings. The first kappa shape index (κ1) is 36.6. The zero-order valence-corrected chi connectivity index (χ0v) is 29.3. The lowest BCUT2D eigenvalue weighted by molar-refractivity contribution is -0.227. The zero-order valence-electron chi connectivity index (χ0n) is 29.3. The monoisotopic (exact) mass is 622 g/mol. The van der Waals surface area contributed by atoms with Crippen molar-refractivity contribution >= 4 is 0 Å². The molecule has 0 heterocycles. The van der Waals surface area contributed by atoms with Crippen LogP contribution >= 0.6 is 0 Å². The van der Waals surface area contributed by atoms with Gasteiger partial charge in [-0.15, -0.1) is 0 Å². The molecule has 0 amide bonds. The highest BCUT2D eigenvalue weighted by atomic mass is 16.5. The van der Waals surface area contributed by atoms with Gasteiger partial charge in [-0.1, -0.05) is 40.5 Å². The molecule has 4 fully saturated rings. The third-order valence-corrected chi connectivity index (χ3v) is 13.5. The van der Waals surface area contributed by atoms with E-state index in [2.05, 4.69) is 27.7 Å². The summed E-state index contributed by atoms with van der Waals surface area (Å²) in [4.78, 5) is 0. The van der Waals surface area contributed by atoms with Crippen LogP contribution in [-0.4, -0.2) is 71.0 Å². The molecule has 4 aliphatic carbocycles. The van der Waals surface area contributed by atoms with E-state index >= 15 is 0 Å². The van der Waals surface area contributed by atoms with Gasteiger partial charge < -0.3 is 36.1 Å². The summed E-state index contributed by atoms with van der Waals surface area (Å²) in [5, 5.41) is 0. The summed E-state index contributed by atoms with van der Waals surface area (Å²) in [6.07, 6.45) is 17.5. The van der Waals surface area contributed by atoms with Gasteiger partial charge in [0.1, 0.15) is 0 Å². The Labute approximate surface area is 270 Å². The van der Waals surface area contributed by atoms with Gasteiger partial charge in [-0.3, -0.25) is 0 Å². The standard InChI is InChI=1S/C37H71N3O4/c1-6-28(41-5)12-7-11-26(2)30-13-14-31-35-32(25-34(37(30,31)4)44-22-10-19-40)36(3)16-15-29(42-20-8-17-38)23-27(36)24-33(35)43-21-9-18-39/h26-35H,6-25,38-40H2,1-5H3/t26-,27?,28?,29-,30?,31+,32+,33-,34+,35?,36?,37?/m1/s1. The number of ether oxygens (including phenoxy) is 4. The maximum atomic E-state index is 7.00. The van der Waals surface area contributed by atoms with Crippen molar-refractivity contribution in [3.8, 4) is 0 Å². The van der Waals surface area contributed by atoms with Gasteiger partial charge in [0.15, 0.2) is 0 Å². The van der Waals surface area contributed by atoms with Gasteiger partial charge in [-0.05, 0) is 138 Å². The second-order valence-electron chi connectivity index (χ2n) is 15.7. The molecule has 4 rings (SSSR count). The molecule has 0 aromatic heterocycles. The van der Waals surface area contributed by atoms with E-state index < -0.39 is 0 Å². The lowest BCUT2D eigenvalue weighted by Gasteiger charge is -2.65. The number of rotatable bonds is 19. The summed E-state index contributed by atoms with van der Waals surface area (Å²) < 4.78 is 26.0. The van der Waals surface area contributed by atoms with Crippen molar-refractivity contribution in [2.24, 2.45) is 63.5 Å². The van der Waals surface area contributed by atoms with Gasteiger partial charge in [0, 0.05) is 32.3 Å². The van der Waals surface area contributed by atoms with E-state index in [9.17, 15) is 0 Å². The number of nitrogens with two attached hydrogens (primary N) is 3. The minimum Gasteiger partial charge on any atom is -0.381 e. The molecule has 7 heteroatoms. The average molecular weight is 622 g/mol. The summed E-state index contributed by atoms with van der Waals surface area (Å²) >= 11 is 0. The Kier molecular flexibility index (Phi) is 14.3. The predicted octanol–water partition coefficient (Wildman–Crippen LogP) is 6.30. The fourth-order valence-corrected chi connectivity index (χ4v) is 11.0. The molecule has 0 aromatic carbocycles. The first-order valence-electron chi connectivity index (χ1n) is 18.8. The summed E-state index contributed by atoms with van der Waals surface area (Å²) in [6.45, 7) is 14.5. The smallest absolute Gasteiger partial charge is 0.0637 e. The number of hydrogen-bond acceptors (Lipinski definition) is 7. The molecule has 0 saturated heterocycles. The number of methoxy groups -OCH3 is 1. The third-order valence-electron chi connectivity index (χ3n) is 13.5. The van der Waals surface area contributed by atoms with E-state index in [0.717, 1.165) is 58.3 Å². The van der Waals surface area contributed by atoms with Crippen LogP contribution in [0.2, 0.25) is 0 Å². The van der Waals surface area contributed by atoms with Crippen molar-refractivity contribution < 1.29 is 18.9 Å². The molecule has 0 radical (unpaired) electrons. The van der Waals surface area contributed by atoms with Crippen LogP contribution in [0.25, 0.3) is 0 Å². The van der Waals surface area contributed by atoms with Gasteiger partial charge in [0.05, 0.1) is 24.4 Å². The van der Waals surface area contributed by atoms with Gasteiger partial charge >= 0.3 is 0 Å². The van der Waals surface area contributed by atoms with Crippen molar-refractivity contribution in [1.82, 2.24) is 0 Å². The lowest BCUT2D eigenvalue weighted by atomic mass is 9.43. The molecule has 7 nitrogen and oxygen atoms in total.